The maximum absolute atomic E-state index is 12.0. The van der Waals surface area contributed by atoms with Gasteiger partial charge in [0.1, 0.15) is 5.60 Å². The van der Waals surface area contributed by atoms with Crippen molar-refractivity contribution in [2.75, 3.05) is 26.2 Å². The average Bonchev–Trinajstić information content (AvgIpc) is 2.63. The Hall–Kier alpha value is -1.40. The van der Waals surface area contributed by atoms with Crippen LogP contribution in [0.3, 0.4) is 0 Å². The summed E-state index contributed by atoms with van der Waals surface area (Å²) in [6, 6.07) is 0. The first-order chi connectivity index (χ1) is 10.3. The number of carbonyl (C=O) groups is 1. The summed E-state index contributed by atoms with van der Waals surface area (Å²) in [5.74, 6) is 0. The number of rotatable bonds is 2. The number of hydrogen-bond acceptors (Lipinski definition) is 5. The minimum absolute atomic E-state index is 0. The van der Waals surface area contributed by atoms with Gasteiger partial charge in [0, 0.05) is 36.8 Å². The molecule has 1 saturated heterocycles. The zero-order valence-electron chi connectivity index (χ0n) is 13.5. The first kappa shape index (κ1) is 19.6. The van der Waals surface area contributed by atoms with Gasteiger partial charge in [0.25, 0.3) is 0 Å². The molecule has 2 rings (SSSR count). The van der Waals surface area contributed by atoms with Crippen molar-refractivity contribution in [2.45, 2.75) is 40.2 Å². The van der Waals surface area contributed by atoms with E-state index in [2.05, 4.69) is 10.4 Å². The van der Waals surface area contributed by atoms with E-state index in [1.54, 1.807) is 16.8 Å². The van der Waals surface area contributed by atoms with E-state index in [1.165, 1.54) is 0 Å². The Morgan fingerprint density at radius 3 is 2.52 bits per heavy atom. The number of nitrogens with two attached hydrogens (primary N) is 1. The van der Waals surface area contributed by atoms with Gasteiger partial charge in [-0.05, 0) is 45.2 Å². The molecular formula is C17H29N3O2S. The van der Waals surface area contributed by atoms with E-state index >= 15 is 0 Å². The summed E-state index contributed by atoms with van der Waals surface area (Å²) in [4.78, 5) is 14.9. The molecule has 0 aromatic heterocycles. The number of nitrogens with zero attached hydrogens (tertiary/aromatic N) is 2. The van der Waals surface area contributed by atoms with Crippen molar-refractivity contribution in [1.29, 1.82) is 0 Å². The van der Waals surface area contributed by atoms with Crippen LogP contribution in [-0.2, 0) is 4.74 Å². The van der Waals surface area contributed by atoms with Gasteiger partial charge in [-0.25, -0.2) is 9.10 Å². The molecule has 0 atom stereocenters. The average molecular weight is 340 g/mol. The number of ether oxygens (including phenoxy) is 1. The van der Waals surface area contributed by atoms with Gasteiger partial charge in [-0.3, -0.25) is 0 Å². The lowest BCUT2D eigenvalue weighted by Crippen LogP contribution is -2.48. The molecule has 0 aromatic rings. The lowest BCUT2D eigenvalue weighted by atomic mass is 10.2. The fraction of sp³-hybridized carbons (Fsp3) is 0.588. The maximum Gasteiger partial charge on any atom is 0.410 e. The summed E-state index contributed by atoms with van der Waals surface area (Å²) in [5, 5.41) is 0. The minimum atomic E-state index is -0.445. The highest BCUT2D eigenvalue weighted by Crippen LogP contribution is 2.28. The molecule has 0 unspecified atom stereocenters. The van der Waals surface area contributed by atoms with Crippen molar-refractivity contribution >= 4 is 18.0 Å². The van der Waals surface area contributed by atoms with Crippen LogP contribution in [-0.4, -0.2) is 47.1 Å². The largest absolute Gasteiger partial charge is 0.444 e. The summed E-state index contributed by atoms with van der Waals surface area (Å²) in [5.41, 5.74) is 6.44. The first-order valence-corrected chi connectivity index (χ1v) is 8.36. The fourth-order valence-corrected chi connectivity index (χ4v) is 3.09. The molecule has 1 heterocycles. The summed E-state index contributed by atoms with van der Waals surface area (Å²) in [6.45, 7) is 8.62. The van der Waals surface area contributed by atoms with Gasteiger partial charge in [0.15, 0.2) is 0 Å². The molecule has 1 fully saturated rings. The lowest BCUT2D eigenvalue weighted by Gasteiger charge is -2.35. The molecule has 1 aliphatic carbocycles. The predicted octanol–water partition coefficient (Wildman–Crippen LogP) is 3.51. The summed E-state index contributed by atoms with van der Waals surface area (Å²) < 4.78 is 7.65. The zero-order valence-corrected chi connectivity index (χ0v) is 14.4. The third-order valence-electron chi connectivity index (χ3n) is 3.26. The van der Waals surface area contributed by atoms with Crippen LogP contribution in [0.4, 0.5) is 4.79 Å². The zero-order chi connectivity index (χ0) is 16.2. The molecular weight excluding hydrogens is 310 g/mol. The monoisotopic (exact) mass is 339 g/mol. The van der Waals surface area contributed by atoms with E-state index in [1.807, 2.05) is 39.0 Å². The molecule has 23 heavy (non-hydrogen) atoms. The van der Waals surface area contributed by atoms with Gasteiger partial charge in [-0.1, -0.05) is 25.7 Å². The minimum Gasteiger partial charge on any atom is -0.444 e. The Morgan fingerprint density at radius 1 is 1.26 bits per heavy atom. The number of carbonyl (C=O) groups excluding carboxylic acids is 1. The second-order valence-electron chi connectivity index (χ2n) is 6.34. The maximum atomic E-state index is 12.0. The van der Waals surface area contributed by atoms with Crippen LogP contribution in [0.5, 0.6) is 0 Å². The van der Waals surface area contributed by atoms with Crippen LogP contribution in [0, 0.1) is 0 Å². The number of piperazine rings is 1. The van der Waals surface area contributed by atoms with Crippen LogP contribution < -0.4 is 5.73 Å². The number of amides is 1. The van der Waals surface area contributed by atoms with Crippen molar-refractivity contribution < 1.29 is 9.53 Å². The number of hydrogen-bond donors (Lipinski definition) is 1. The van der Waals surface area contributed by atoms with Gasteiger partial charge >= 0.3 is 6.09 Å². The summed E-state index contributed by atoms with van der Waals surface area (Å²) in [6.07, 6.45) is 8.84. The molecule has 0 radical (unpaired) electrons. The Morgan fingerprint density at radius 2 is 1.91 bits per heavy atom. The van der Waals surface area contributed by atoms with Gasteiger partial charge in [0.2, 0.25) is 0 Å². The van der Waals surface area contributed by atoms with Crippen LogP contribution in [0.2, 0.25) is 0 Å². The Bertz CT molecular complexity index is 498. The third-order valence-corrected chi connectivity index (χ3v) is 4.45. The van der Waals surface area contributed by atoms with E-state index in [9.17, 15) is 4.79 Å². The highest BCUT2D eigenvalue weighted by Gasteiger charge is 2.26. The van der Waals surface area contributed by atoms with Crippen LogP contribution in [0.15, 0.2) is 34.9 Å². The fourth-order valence-electron chi connectivity index (χ4n) is 2.14. The molecule has 6 heteroatoms. The van der Waals surface area contributed by atoms with E-state index in [-0.39, 0.29) is 13.5 Å². The molecule has 0 spiro atoms. The van der Waals surface area contributed by atoms with E-state index < -0.39 is 5.60 Å². The van der Waals surface area contributed by atoms with Gasteiger partial charge < -0.3 is 15.4 Å². The van der Waals surface area contributed by atoms with Crippen LogP contribution >= 0.6 is 11.9 Å². The van der Waals surface area contributed by atoms with E-state index in [4.69, 9.17) is 10.5 Å². The van der Waals surface area contributed by atoms with Crippen LogP contribution in [0.1, 0.15) is 34.6 Å². The first-order valence-electron chi connectivity index (χ1n) is 7.59. The Kier molecular flexibility index (Phi) is 7.22. The van der Waals surface area contributed by atoms with E-state index in [0.29, 0.717) is 13.1 Å². The molecule has 1 aliphatic heterocycles. The predicted molar refractivity (Wildman–Crippen MR) is 97.8 cm³/mol. The van der Waals surface area contributed by atoms with Crippen LogP contribution in [0.25, 0.3) is 0 Å². The second-order valence-corrected chi connectivity index (χ2v) is 7.48. The third kappa shape index (κ3) is 6.31. The second kappa shape index (κ2) is 8.45. The molecule has 0 saturated carbocycles. The highest BCUT2D eigenvalue weighted by atomic mass is 32.2. The standard InChI is InChI=1S/C16H25N3O2S.CH4/c1-16(2,3)21-15(20)18-9-11-19(12-10-18)22-14-8-6-4-5-7-13(14)17;/h4,6-8H,5,9-12,17H2,1-3H3;1H4. The molecule has 2 aliphatic rings. The smallest absolute Gasteiger partial charge is 0.410 e. The molecule has 2 N–H and O–H groups in total. The lowest BCUT2D eigenvalue weighted by molar-refractivity contribution is 0.0198. The number of allylic oxidation sites excluding steroid dienone is 4. The van der Waals surface area contributed by atoms with Crippen molar-refractivity contribution in [1.82, 2.24) is 9.21 Å². The van der Waals surface area contributed by atoms with Crippen molar-refractivity contribution in [3.05, 3.63) is 34.9 Å². The Labute approximate surface area is 144 Å². The molecule has 0 bridgehead atoms. The molecule has 130 valence electrons. The molecule has 0 aromatic carbocycles. The Balaban J connectivity index is 0.00000264. The van der Waals surface area contributed by atoms with Crippen molar-refractivity contribution in [2.24, 2.45) is 5.73 Å². The molecule has 1 amide bonds. The van der Waals surface area contributed by atoms with Crippen molar-refractivity contribution in [3.63, 3.8) is 0 Å². The van der Waals surface area contributed by atoms with Gasteiger partial charge in [-0.15, -0.1) is 0 Å². The highest BCUT2D eigenvalue weighted by molar-refractivity contribution is 8.01. The van der Waals surface area contributed by atoms with Gasteiger partial charge in [-0.2, -0.15) is 0 Å². The quantitative estimate of drug-likeness (QED) is 0.780. The van der Waals surface area contributed by atoms with Crippen molar-refractivity contribution in [3.8, 4) is 0 Å². The summed E-state index contributed by atoms with van der Waals surface area (Å²) in [7, 11) is 0. The SMILES string of the molecule is C.CC(C)(C)OC(=O)N1CCN(SC2=CC=CCC=C2N)CC1. The summed E-state index contributed by atoms with van der Waals surface area (Å²) >= 11 is 1.66. The normalized spacial score (nSPS) is 19.3. The molecule has 5 nitrogen and oxygen atoms in total. The topological polar surface area (TPSA) is 58.8 Å². The van der Waals surface area contributed by atoms with E-state index in [0.717, 1.165) is 30.1 Å². The van der Waals surface area contributed by atoms with Gasteiger partial charge in [0.05, 0.1) is 0 Å².